The van der Waals surface area contributed by atoms with Crippen LogP contribution in [-0.4, -0.2) is 35.5 Å². The van der Waals surface area contributed by atoms with Crippen LogP contribution in [0.15, 0.2) is 18.2 Å². The smallest absolute Gasteiger partial charge is 0.337 e. The Balaban J connectivity index is 1.82. The van der Waals surface area contributed by atoms with Crippen LogP contribution in [0.2, 0.25) is 0 Å². The number of halogens is 1. The van der Waals surface area contributed by atoms with Crippen LogP contribution in [0.3, 0.4) is 0 Å². The Morgan fingerprint density at radius 1 is 1.36 bits per heavy atom. The maximum absolute atomic E-state index is 14.1. The van der Waals surface area contributed by atoms with Gasteiger partial charge in [-0.15, -0.1) is 0 Å². The molecule has 1 saturated carbocycles. The van der Waals surface area contributed by atoms with E-state index in [9.17, 15) is 18.8 Å². The molecule has 1 aromatic carbocycles. The molecule has 0 atom stereocenters. The van der Waals surface area contributed by atoms with E-state index in [0.717, 1.165) is 23.8 Å². The molecule has 6 nitrogen and oxygen atoms in total. The molecule has 0 bridgehead atoms. The molecule has 25 heavy (non-hydrogen) atoms. The highest BCUT2D eigenvalue weighted by Crippen LogP contribution is 2.36. The first-order chi connectivity index (χ1) is 11.9. The van der Waals surface area contributed by atoms with Crippen LogP contribution in [0.25, 0.3) is 0 Å². The number of urea groups is 1. The molecule has 0 radical (unpaired) electrons. The third kappa shape index (κ3) is 3.10. The SMILES string of the molecule is COC(=O)c1ccc(F)c(CN2C(=O)NC3(CCC(C)CC3)C2=O)c1. The molecule has 1 N–H and O–H groups in total. The summed E-state index contributed by atoms with van der Waals surface area (Å²) in [6.45, 7) is 1.91. The first kappa shape index (κ1) is 17.4. The fourth-order valence-corrected chi connectivity index (χ4v) is 3.52. The van der Waals surface area contributed by atoms with Crippen LogP contribution in [0.1, 0.15) is 48.5 Å². The van der Waals surface area contributed by atoms with Gasteiger partial charge in [-0.3, -0.25) is 9.69 Å². The molecule has 2 fully saturated rings. The van der Waals surface area contributed by atoms with E-state index < -0.39 is 23.4 Å². The van der Waals surface area contributed by atoms with Crippen molar-refractivity contribution in [3.63, 3.8) is 0 Å². The Labute approximate surface area is 145 Å². The van der Waals surface area contributed by atoms with Gasteiger partial charge in [-0.05, 0) is 49.8 Å². The summed E-state index contributed by atoms with van der Waals surface area (Å²) in [5.74, 6) is -0.964. The van der Waals surface area contributed by atoms with E-state index in [1.165, 1.54) is 19.2 Å². The number of methoxy groups -OCH3 is 1. The van der Waals surface area contributed by atoms with Crippen molar-refractivity contribution < 1.29 is 23.5 Å². The standard InChI is InChI=1S/C18H21FN2O4/c1-11-5-7-18(8-6-11)16(23)21(17(24)20-18)10-13-9-12(15(22)25-2)3-4-14(13)19/h3-4,9,11H,5-8,10H2,1-2H3,(H,20,24). The minimum Gasteiger partial charge on any atom is -0.465 e. The third-order valence-electron chi connectivity index (χ3n) is 5.17. The van der Waals surface area contributed by atoms with Crippen LogP contribution in [0.5, 0.6) is 0 Å². The molecule has 1 spiro atoms. The number of nitrogens with one attached hydrogen (secondary N) is 1. The van der Waals surface area contributed by atoms with Gasteiger partial charge in [-0.1, -0.05) is 6.92 Å². The number of esters is 1. The number of hydrogen-bond donors (Lipinski definition) is 1. The second-order valence-corrected chi connectivity index (χ2v) is 6.88. The van der Waals surface area contributed by atoms with Crippen molar-refractivity contribution in [1.82, 2.24) is 10.2 Å². The number of rotatable bonds is 3. The highest BCUT2D eigenvalue weighted by Gasteiger charge is 2.52. The summed E-state index contributed by atoms with van der Waals surface area (Å²) in [5.41, 5.74) is -0.584. The van der Waals surface area contributed by atoms with Gasteiger partial charge in [-0.25, -0.2) is 14.0 Å². The van der Waals surface area contributed by atoms with Crippen LogP contribution in [0.4, 0.5) is 9.18 Å². The molecule has 7 heteroatoms. The lowest BCUT2D eigenvalue weighted by atomic mass is 9.77. The van der Waals surface area contributed by atoms with Crippen molar-refractivity contribution in [2.45, 2.75) is 44.7 Å². The van der Waals surface area contributed by atoms with Gasteiger partial charge in [0.05, 0.1) is 19.2 Å². The molecular weight excluding hydrogens is 327 g/mol. The summed E-state index contributed by atoms with van der Waals surface area (Å²) in [5, 5.41) is 2.80. The Kier molecular flexibility index (Phi) is 4.49. The van der Waals surface area contributed by atoms with E-state index in [-0.39, 0.29) is 23.6 Å². The average molecular weight is 348 g/mol. The van der Waals surface area contributed by atoms with Crippen molar-refractivity contribution in [3.8, 4) is 0 Å². The summed E-state index contributed by atoms with van der Waals surface area (Å²) < 4.78 is 18.7. The minimum absolute atomic E-state index is 0.104. The molecular formula is C18H21FN2O4. The lowest BCUT2D eigenvalue weighted by Crippen LogP contribution is -2.49. The zero-order valence-corrected chi connectivity index (χ0v) is 14.3. The summed E-state index contributed by atoms with van der Waals surface area (Å²) in [4.78, 5) is 37.8. The van der Waals surface area contributed by atoms with E-state index in [0.29, 0.717) is 18.8 Å². The van der Waals surface area contributed by atoms with Gasteiger partial charge in [0.15, 0.2) is 0 Å². The van der Waals surface area contributed by atoms with E-state index in [1.807, 2.05) is 0 Å². The number of hydrogen-bond acceptors (Lipinski definition) is 4. The lowest BCUT2D eigenvalue weighted by molar-refractivity contribution is -0.133. The average Bonchev–Trinajstić information content (AvgIpc) is 2.83. The summed E-state index contributed by atoms with van der Waals surface area (Å²) in [6.07, 6.45) is 2.93. The summed E-state index contributed by atoms with van der Waals surface area (Å²) >= 11 is 0. The number of ether oxygens (including phenoxy) is 1. The van der Waals surface area contributed by atoms with Crippen molar-refractivity contribution in [2.24, 2.45) is 5.92 Å². The molecule has 0 unspecified atom stereocenters. The molecule has 134 valence electrons. The Hall–Kier alpha value is -2.44. The van der Waals surface area contributed by atoms with Gasteiger partial charge >= 0.3 is 12.0 Å². The number of amides is 3. The summed E-state index contributed by atoms with van der Waals surface area (Å²) in [7, 11) is 1.23. The lowest BCUT2D eigenvalue weighted by Gasteiger charge is -2.33. The maximum Gasteiger partial charge on any atom is 0.337 e. The molecule has 1 saturated heterocycles. The predicted molar refractivity (Wildman–Crippen MR) is 87.2 cm³/mol. The number of benzene rings is 1. The largest absolute Gasteiger partial charge is 0.465 e. The Morgan fingerprint density at radius 3 is 2.68 bits per heavy atom. The first-order valence-electron chi connectivity index (χ1n) is 8.37. The van der Waals surface area contributed by atoms with E-state index in [2.05, 4.69) is 17.0 Å². The highest BCUT2D eigenvalue weighted by molar-refractivity contribution is 6.07. The van der Waals surface area contributed by atoms with Crippen LogP contribution < -0.4 is 5.32 Å². The molecule has 1 heterocycles. The molecule has 1 aliphatic carbocycles. The van der Waals surface area contributed by atoms with Gasteiger partial charge in [0.25, 0.3) is 5.91 Å². The van der Waals surface area contributed by atoms with Crippen LogP contribution >= 0.6 is 0 Å². The summed E-state index contributed by atoms with van der Waals surface area (Å²) in [6, 6.07) is 3.25. The zero-order chi connectivity index (χ0) is 18.2. The number of imide groups is 1. The van der Waals surface area contributed by atoms with Gasteiger partial charge < -0.3 is 10.1 Å². The van der Waals surface area contributed by atoms with Crippen molar-refractivity contribution >= 4 is 17.9 Å². The fraction of sp³-hybridized carbons (Fsp3) is 0.500. The van der Waals surface area contributed by atoms with Gasteiger partial charge in [0.1, 0.15) is 11.4 Å². The minimum atomic E-state index is -0.861. The van der Waals surface area contributed by atoms with Gasteiger partial charge in [0.2, 0.25) is 0 Å². The third-order valence-corrected chi connectivity index (χ3v) is 5.17. The quantitative estimate of drug-likeness (QED) is 0.673. The Bertz CT molecular complexity index is 726. The molecule has 0 aromatic heterocycles. The first-order valence-corrected chi connectivity index (χ1v) is 8.37. The van der Waals surface area contributed by atoms with Crippen molar-refractivity contribution in [3.05, 3.63) is 35.1 Å². The second kappa shape index (κ2) is 6.46. The molecule has 1 aromatic rings. The number of nitrogens with zero attached hydrogens (tertiary/aromatic N) is 1. The zero-order valence-electron chi connectivity index (χ0n) is 14.3. The predicted octanol–water partition coefficient (Wildman–Crippen LogP) is 2.61. The molecule has 3 amide bonds. The van der Waals surface area contributed by atoms with Crippen molar-refractivity contribution in [1.29, 1.82) is 0 Å². The van der Waals surface area contributed by atoms with Crippen LogP contribution in [0, 0.1) is 11.7 Å². The molecule has 2 aliphatic rings. The normalized spacial score (nSPS) is 26.0. The molecule has 3 rings (SSSR count). The number of carbonyl (C=O) groups is 3. The van der Waals surface area contributed by atoms with Gasteiger partial charge in [0, 0.05) is 5.56 Å². The van der Waals surface area contributed by atoms with E-state index in [1.54, 1.807) is 0 Å². The highest BCUT2D eigenvalue weighted by atomic mass is 19.1. The topological polar surface area (TPSA) is 75.7 Å². The monoisotopic (exact) mass is 348 g/mol. The van der Waals surface area contributed by atoms with Gasteiger partial charge in [-0.2, -0.15) is 0 Å². The molecule has 1 aliphatic heterocycles. The Morgan fingerprint density at radius 2 is 2.04 bits per heavy atom. The maximum atomic E-state index is 14.1. The van der Waals surface area contributed by atoms with Crippen molar-refractivity contribution in [2.75, 3.05) is 7.11 Å². The van der Waals surface area contributed by atoms with E-state index in [4.69, 9.17) is 0 Å². The fourth-order valence-electron chi connectivity index (χ4n) is 3.52. The second-order valence-electron chi connectivity index (χ2n) is 6.88. The van der Waals surface area contributed by atoms with E-state index >= 15 is 0 Å². The van der Waals surface area contributed by atoms with Crippen LogP contribution in [-0.2, 0) is 16.1 Å². The number of carbonyl (C=O) groups excluding carboxylic acids is 3.